The Bertz CT molecular complexity index is 1400. The third-order valence-corrected chi connectivity index (χ3v) is 6.96. The molecule has 2 aliphatic carbocycles. The fourth-order valence-electron chi connectivity index (χ4n) is 4.99. The lowest BCUT2D eigenvalue weighted by Crippen LogP contribution is -2.27. The molecule has 2 atom stereocenters. The van der Waals surface area contributed by atoms with E-state index in [2.05, 4.69) is 56.3 Å². The molecule has 1 aromatic carbocycles. The summed E-state index contributed by atoms with van der Waals surface area (Å²) in [6.07, 6.45) is 9.62. The van der Waals surface area contributed by atoms with Crippen molar-refractivity contribution in [2.24, 2.45) is 0 Å². The zero-order chi connectivity index (χ0) is 23.1. The summed E-state index contributed by atoms with van der Waals surface area (Å²) >= 11 is 0. The number of nitrogens with one attached hydrogen (secondary N) is 1. The molecule has 0 spiro atoms. The Morgan fingerprint density at radius 1 is 0.971 bits per heavy atom. The molecule has 34 heavy (non-hydrogen) atoms. The fourth-order valence-corrected chi connectivity index (χ4v) is 4.99. The lowest BCUT2D eigenvalue weighted by molar-refractivity contribution is 0.0773. The summed E-state index contributed by atoms with van der Waals surface area (Å²) in [5.41, 5.74) is 5.67. The molecule has 0 bridgehead atoms. The van der Waals surface area contributed by atoms with Crippen LogP contribution in [0, 0.1) is 11.3 Å². The molecular formula is C27H26N6O. The van der Waals surface area contributed by atoms with Crippen LogP contribution in [0.1, 0.15) is 61.6 Å². The normalized spacial score (nSPS) is 20.2. The standard InChI is InChI=1S/C27H26N6O/c28-15-17-9-10-29-26(11-17)32-27-14-20(18-5-6-18)13-21(31-27)19-7-8-23-22(12-19)30-16-33(23)24-3-1-2-4-25(24)34/h7-14,16,18,24-25,34H,1-6H2,(H,29,31,32)/t24-,25-/m0/s1. The first kappa shape index (κ1) is 20.8. The van der Waals surface area contributed by atoms with Crippen LogP contribution in [-0.4, -0.2) is 30.7 Å². The number of aliphatic hydroxyl groups is 1. The van der Waals surface area contributed by atoms with Crippen LogP contribution in [0.2, 0.25) is 0 Å². The molecule has 0 aliphatic heterocycles. The molecule has 2 N–H and O–H groups in total. The Morgan fingerprint density at radius 3 is 2.68 bits per heavy atom. The number of nitriles is 1. The molecule has 4 aromatic rings. The highest BCUT2D eigenvalue weighted by Gasteiger charge is 2.27. The molecule has 2 saturated carbocycles. The minimum atomic E-state index is -0.315. The van der Waals surface area contributed by atoms with Gasteiger partial charge in [-0.15, -0.1) is 0 Å². The minimum Gasteiger partial charge on any atom is -0.391 e. The van der Waals surface area contributed by atoms with Gasteiger partial charge in [0, 0.05) is 11.8 Å². The van der Waals surface area contributed by atoms with Crippen LogP contribution in [0.5, 0.6) is 0 Å². The fraction of sp³-hybridized carbons (Fsp3) is 0.333. The van der Waals surface area contributed by atoms with E-state index in [1.54, 1.807) is 18.3 Å². The maximum Gasteiger partial charge on any atom is 0.132 e. The van der Waals surface area contributed by atoms with Crippen molar-refractivity contribution < 1.29 is 5.11 Å². The third kappa shape index (κ3) is 4.02. The van der Waals surface area contributed by atoms with Crippen molar-refractivity contribution >= 4 is 22.7 Å². The third-order valence-electron chi connectivity index (χ3n) is 6.96. The minimum absolute atomic E-state index is 0.0911. The van der Waals surface area contributed by atoms with E-state index in [1.165, 1.54) is 18.4 Å². The molecule has 0 amide bonds. The Kier molecular flexibility index (Phi) is 5.23. The molecule has 2 fully saturated rings. The summed E-state index contributed by atoms with van der Waals surface area (Å²) in [5.74, 6) is 1.89. The number of anilines is 2. The van der Waals surface area contributed by atoms with Gasteiger partial charge >= 0.3 is 0 Å². The van der Waals surface area contributed by atoms with E-state index in [-0.39, 0.29) is 12.1 Å². The molecule has 2 aliphatic rings. The van der Waals surface area contributed by atoms with Gasteiger partial charge in [-0.25, -0.2) is 15.0 Å². The predicted molar refractivity (Wildman–Crippen MR) is 131 cm³/mol. The van der Waals surface area contributed by atoms with Crippen LogP contribution in [0.4, 0.5) is 11.6 Å². The van der Waals surface area contributed by atoms with Gasteiger partial charge in [0.25, 0.3) is 0 Å². The second-order valence-corrected chi connectivity index (χ2v) is 9.39. The van der Waals surface area contributed by atoms with Crippen LogP contribution < -0.4 is 5.32 Å². The summed E-state index contributed by atoms with van der Waals surface area (Å²) in [6, 6.07) is 16.2. The smallest absolute Gasteiger partial charge is 0.132 e. The van der Waals surface area contributed by atoms with Crippen LogP contribution in [-0.2, 0) is 0 Å². The highest BCUT2D eigenvalue weighted by atomic mass is 16.3. The highest BCUT2D eigenvalue weighted by molar-refractivity contribution is 5.82. The molecule has 0 radical (unpaired) electrons. The Hall–Kier alpha value is -3.76. The van der Waals surface area contributed by atoms with Crippen molar-refractivity contribution in [1.82, 2.24) is 19.5 Å². The summed E-state index contributed by atoms with van der Waals surface area (Å²) in [6.45, 7) is 0. The van der Waals surface area contributed by atoms with Gasteiger partial charge in [-0.05, 0) is 73.6 Å². The first-order valence-electron chi connectivity index (χ1n) is 12.0. The van der Waals surface area contributed by atoms with Gasteiger partial charge in [-0.1, -0.05) is 18.9 Å². The Balaban J connectivity index is 1.35. The van der Waals surface area contributed by atoms with Crippen LogP contribution in [0.15, 0.2) is 55.0 Å². The molecule has 7 heteroatoms. The molecule has 0 saturated heterocycles. The number of benzene rings is 1. The maximum absolute atomic E-state index is 10.5. The topological polar surface area (TPSA) is 99.7 Å². The van der Waals surface area contributed by atoms with E-state index in [4.69, 9.17) is 4.98 Å². The Morgan fingerprint density at radius 2 is 1.85 bits per heavy atom. The van der Waals surface area contributed by atoms with Crippen molar-refractivity contribution in [3.05, 3.63) is 66.1 Å². The van der Waals surface area contributed by atoms with E-state index in [0.29, 0.717) is 17.3 Å². The van der Waals surface area contributed by atoms with Crippen molar-refractivity contribution in [3.8, 4) is 17.3 Å². The van der Waals surface area contributed by atoms with E-state index < -0.39 is 0 Å². The second-order valence-electron chi connectivity index (χ2n) is 9.39. The number of fused-ring (bicyclic) bond motifs is 1. The van der Waals surface area contributed by atoms with E-state index in [0.717, 1.165) is 53.8 Å². The van der Waals surface area contributed by atoms with E-state index in [9.17, 15) is 10.4 Å². The van der Waals surface area contributed by atoms with Gasteiger partial charge in [0.05, 0.1) is 46.8 Å². The van der Waals surface area contributed by atoms with Gasteiger partial charge in [-0.3, -0.25) is 0 Å². The Labute approximate surface area is 198 Å². The molecule has 6 rings (SSSR count). The van der Waals surface area contributed by atoms with Gasteiger partial charge in [0.1, 0.15) is 11.6 Å². The average molecular weight is 451 g/mol. The maximum atomic E-state index is 10.5. The number of rotatable bonds is 5. The van der Waals surface area contributed by atoms with Crippen molar-refractivity contribution in [2.45, 2.75) is 56.6 Å². The molecule has 7 nitrogen and oxygen atoms in total. The van der Waals surface area contributed by atoms with Gasteiger partial charge in [0.2, 0.25) is 0 Å². The number of aromatic nitrogens is 4. The van der Waals surface area contributed by atoms with E-state index >= 15 is 0 Å². The molecule has 3 aromatic heterocycles. The first-order chi connectivity index (χ1) is 16.7. The number of imidazole rings is 1. The van der Waals surface area contributed by atoms with Gasteiger partial charge < -0.3 is 15.0 Å². The largest absolute Gasteiger partial charge is 0.391 e. The SMILES string of the molecule is N#Cc1ccnc(Nc2cc(C3CC3)cc(-c3ccc4c(c3)ncn4[C@H]3CCCC[C@@H]3O)n2)c1. The molecule has 170 valence electrons. The van der Waals surface area contributed by atoms with Gasteiger partial charge in [0.15, 0.2) is 0 Å². The summed E-state index contributed by atoms with van der Waals surface area (Å²) < 4.78 is 2.14. The molecule has 3 heterocycles. The number of pyridine rings is 2. The second kappa shape index (κ2) is 8.54. The predicted octanol–water partition coefficient (Wildman–Crippen LogP) is 5.46. The summed E-state index contributed by atoms with van der Waals surface area (Å²) in [5, 5.41) is 23.0. The van der Waals surface area contributed by atoms with Gasteiger partial charge in [-0.2, -0.15) is 5.26 Å². The van der Waals surface area contributed by atoms with Crippen LogP contribution in [0.3, 0.4) is 0 Å². The number of hydrogen-bond donors (Lipinski definition) is 2. The molecule has 0 unspecified atom stereocenters. The lowest BCUT2D eigenvalue weighted by atomic mass is 9.92. The van der Waals surface area contributed by atoms with Crippen molar-refractivity contribution in [1.29, 1.82) is 5.26 Å². The van der Waals surface area contributed by atoms with Crippen molar-refractivity contribution in [3.63, 3.8) is 0 Å². The highest BCUT2D eigenvalue weighted by Crippen LogP contribution is 2.42. The quantitative estimate of drug-likeness (QED) is 0.419. The van der Waals surface area contributed by atoms with Crippen LogP contribution >= 0.6 is 0 Å². The number of aliphatic hydroxyl groups excluding tert-OH is 1. The lowest BCUT2D eigenvalue weighted by Gasteiger charge is -2.29. The van der Waals surface area contributed by atoms with Crippen LogP contribution in [0.25, 0.3) is 22.3 Å². The molecular weight excluding hydrogens is 424 g/mol. The van der Waals surface area contributed by atoms with Crippen molar-refractivity contribution in [2.75, 3.05) is 5.32 Å². The number of hydrogen-bond acceptors (Lipinski definition) is 6. The summed E-state index contributed by atoms with van der Waals surface area (Å²) in [7, 11) is 0. The number of nitrogens with zero attached hydrogens (tertiary/aromatic N) is 5. The zero-order valence-corrected chi connectivity index (χ0v) is 18.9. The van der Waals surface area contributed by atoms with E-state index in [1.807, 2.05) is 6.33 Å². The summed E-state index contributed by atoms with van der Waals surface area (Å²) in [4.78, 5) is 13.9. The average Bonchev–Trinajstić information content (AvgIpc) is 3.64. The monoisotopic (exact) mass is 450 g/mol. The first-order valence-corrected chi connectivity index (χ1v) is 12.0. The zero-order valence-electron chi connectivity index (χ0n) is 18.9.